The largest absolute Gasteiger partial charge is 0.352 e. The van der Waals surface area contributed by atoms with Crippen molar-refractivity contribution in [2.75, 3.05) is 15.7 Å². The van der Waals surface area contributed by atoms with Crippen molar-refractivity contribution in [2.24, 2.45) is 0 Å². The van der Waals surface area contributed by atoms with Gasteiger partial charge in [0.15, 0.2) is 0 Å². The van der Waals surface area contributed by atoms with Gasteiger partial charge in [-0.1, -0.05) is 50.5 Å². The highest BCUT2D eigenvalue weighted by Gasteiger charge is 2.43. The van der Waals surface area contributed by atoms with Gasteiger partial charge in [-0.2, -0.15) is 4.31 Å². The van der Waals surface area contributed by atoms with Crippen LogP contribution in [0, 0.1) is 0 Å². The van der Waals surface area contributed by atoms with Crippen LogP contribution in [0.5, 0.6) is 0 Å². The van der Waals surface area contributed by atoms with Gasteiger partial charge >= 0.3 is 6.03 Å². The van der Waals surface area contributed by atoms with Crippen LogP contribution in [0.1, 0.15) is 44.6 Å². The molecule has 1 saturated carbocycles. The number of carbonyl (C=O) groups is 2. The third-order valence-corrected chi connectivity index (χ3v) is 7.65. The van der Waals surface area contributed by atoms with Gasteiger partial charge in [0.25, 0.3) is 10.0 Å². The smallest absolute Gasteiger partial charge is 0.343 e. The fourth-order valence-corrected chi connectivity index (χ4v) is 5.87. The molecule has 2 aromatic carbocycles. The van der Waals surface area contributed by atoms with Crippen molar-refractivity contribution in [3.63, 3.8) is 0 Å². The lowest BCUT2D eigenvalue weighted by Crippen LogP contribution is -2.54. The van der Waals surface area contributed by atoms with E-state index in [1.165, 1.54) is 17.4 Å². The molecule has 1 aliphatic carbocycles. The molecule has 0 spiro atoms. The standard InChI is InChI=1S/C23H27N3O4S/c1-2-17-9-8-12-19(15-17)26-23(28)25(16-22(27)24-18-10-4-3-5-11-18)20-13-6-7-14-21(20)31(26,29)30/h6-9,12-15,18H,2-5,10-11,16H2,1H3,(H,24,27). The second kappa shape index (κ2) is 8.70. The SMILES string of the molecule is CCc1cccc(N2C(=O)N(CC(=O)NC3CCCCC3)c3ccccc3S2(=O)=O)c1. The van der Waals surface area contributed by atoms with Crippen LogP contribution in [0.25, 0.3) is 0 Å². The molecule has 0 saturated heterocycles. The molecular formula is C23H27N3O4S. The normalized spacial score (nSPS) is 18.5. The first-order valence-electron chi connectivity index (χ1n) is 10.8. The van der Waals surface area contributed by atoms with E-state index in [-0.39, 0.29) is 34.8 Å². The average Bonchev–Trinajstić information content (AvgIpc) is 2.77. The number of nitrogens with one attached hydrogen (secondary N) is 1. The number of para-hydroxylation sites is 1. The number of anilines is 2. The maximum atomic E-state index is 13.4. The highest BCUT2D eigenvalue weighted by molar-refractivity contribution is 7.94. The zero-order chi connectivity index (χ0) is 22.0. The van der Waals surface area contributed by atoms with Crippen LogP contribution >= 0.6 is 0 Å². The summed E-state index contributed by atoms with van der Waals surface area (Å²) in [5.74, 6) is -0.281. The maximum absolute atomic E-state index is 13.4. The first-order chi connectivity index (χ1) is 14.9. The highest BCUT2D eigenvalue weighted by atomic mass is 32.2. The summed E-state index contributed by atoms with van der Waals surface area (Å²) < 4.78 is 27.5. The predicted molar refractivity (Wildman–Crippen MR) is 120 cm³/mol. The summed E-state index contributed by atoms with van der Waals surface area (Å²) in [6.07, 6.45) is 5.90. The Bertz CT molecular complexity index is 1090. The fourth-order valence-electron chi connectivity index (χ4n) is 4.28. The van der Waals surface area contributed by atoms with Crippen molar-refractivity contribution in [1.29, 1.82) is 0 Å². The Morgan fingerprint density at radius 3 is 2.55 bits per heavy atom. The number of fused-ring (bicyclic) bond motifs is 1. The van der Waals surface area contributed by atoms with Crippen molar-refractivity contribution in [3.8, 4) is 0 Å². The average molecular weight is 442 g/mol. The summed E-state index contributed by atoms with van der Waals surface area (Å²) in [6, 6.07) is 12.6. The van der Waals surface area contributed by atoms with Gasteiger partial charge in [-0.15, -0.1) is 0 Å². The van der Waals surface area contributed by atoms with E-state index < -0.39 is 16.1 Å². The Kier molecular flexibility index (Phi) is 6.00. The molecule has 8 heteroatoms. The van der Waals surface area contributed by atoms with Crippen molar-refractivity contribution in [1.82, 2.24) is 5.32 Å². The molecule has 1 N–H and O–H groups in total. The number of benzene rings is 2. The van der Waals surface area contributed by atoms with Gasteiger partial charge in [-0.25, -0.2) is 13.2 Å². The Morgan fingerprint density at radius 1 is 1.06 bits per heavy atom. The van der Waals surface area contributed by atoms with Gasteiger partial charge in [0, 0.05) is 6.04 Å². The second-order valence-electron chi connectivity index (χ2n) is 8.03. The Labute approximate surface area is 183 Å². The number of carbonyl (C=O) groups excluding carboxylic acids is 2. The topological polar surface area (TPSA) is 86.8 Å². The van der Waals surface area contributed by atoms with E-state index in [4.69, 9.17) is 0 Å². The molecule has 0 bridgehead atoms. The van der Waals surface area contributed by atoms with Crippen molar-refractivity contribution < 1.29 is 18.0 Å². The number of sulfonamides is 1. The molecule has 1 fully saturated rings. The molecule has 0 atom stereocenters. The molecule has 2 aliphatic rings. The second-order valence-corrected chi connectivity index (χ2v) is 9.79. The Morgan fingerprint density at radius 2 is 1.81 bits per heavy atom. The van der Waals surface area contributed by atoms with Crippen LogP contribution < -0.4 is 14.5 Å². The van der Waals surface area contributed by atoms with Gasteiger partial charge in [0.05, 0.1) is 11.4 Å². The Balaban J connectivity index is 1.69. The predicted octanol–water partition coefficient (Wildman–Crippen LogP) is 3.83. The van der Waals surface area contributed by atoms with E-state index in [9.17, 15) is 18.0 Å². The number of urea groups is 1. The summed E-state index contributed by atoms with van der Waals surface area (Å²) in [7, 11) is -4.10. The van der Waals surface area contributed by atoms with Crippen LogP contribution in [-0.4, -0.2) is 32.9 Å². The molecule has 0 radical (unpaired) electrons. The van der Waals surface area contributed by atoms with Gasteiger partial charge in [-0.05, 0) is 49.1 Å². The summed E-state index contributed by atoms with van der Waals surface area (Å²) in [5, 5.41) is 3.01. The first kappa shape index (κ1) is 21.4. The van der Waals surface area contributed by atoms with Crippen LogP contribution in [0.4, 0.5) is 16.2 Å². The monoisotopic (exact) mass is 441 g/mol. The molecule has 1 heterocycles. The minimum Gasteiger partial charge on any atom is -0.352 e. The molecule has 3 amide bonds. The van der Waals surface area contributed by atoms with Gasteiger partial charge in [0.1, 0.15) is 11.4 Å². The zero-order valence-corrected chi connectivity index (χ0v) is 18.4. The van der Waals surface area contributed by atoms with E-state index in [1.54, 1.807) is 36.4 Å². The lowest BCUT2D eigenvalue weighted by atomic mass is 9.95. The van der Waals surface area contributed by atoms with E-state index in [0.29, 0.717) is 6.42 Å². The molecular weight excluding hydrogens is 414 g/mol. The quantitative estimate of drug-likeness (QED) is 0.764. The molecule has 2 aromatic rings. The fraction of sp³-hybridized carbons (Fsp3) is 0.391. The molecule has 31 heavy (non-hydrogen) atoms. The molecule has 0 aromatic heterocycles. The highest BCUT2D eigenvalue weighted by Crippen LogP contribution is 2.37. The number of rotatable bonds is 5. The Hall–Kier alpha value is -2.87. The zero-order valence-electron chi connectivity index (χ0n) is 17.6. The molecule has 1 aliphatic heterocycles. The van der Waals surface area contributed by atoms with Crippen molar-refractivity contribution in [3.05, 3.63) is 54.1 Å². The molecule has 0 unspecified atom stereocenters. The maximum Gasteiger partial charge on any atom is 0.343 e. The van der Waals surface area contributed by atoms with Crippen LogP contribution in [0.15, 0.2) is 53.4 Å². The third-order valence-electron chi connectivity index (χ3n) is 5.90. The first-order valence-corrected chi connectivity index (χ1v) is 12.2. The number of amides is 3. The summed E-state index contributed by atoms with van der Waals surface area (Å²) in [4.78, 5) is 27.5. The van der Waals surface area contributed by atoms with Crippen molar-refractivity contribution >= 4 is 33.3 Å². The number of hydrogen-bond donors (Lipinski definition) is 1. The van der Waals surface area contributed by atoms with Crippen LogP contribution in [0.3, 0.4) is 0 Å². The van der Waals surface area contributed by atoms with Gasteiger partial charge in [-0.3, -0.25) is 9.69 Å². The molecule has 7 nitrogen and oxygen atoms in total. The van der Waals surface area contributed by atoms with Crippen LogP contribution in [0.2, 0.25) is 0 Å². The number of hydrogen-bond acceptors (Lipinski definition) is 4. The van der Waals surface area contributed by atoms with Gasteiger partial charge < -0.3 is 5.32 Å². The summed E-state index contributed by atoms with van der Waals surface area (Å²) >= 11 is 0. The molecule has 4 rings (SSSR count). The van der Waals surface area contributed by atoms with E-state index in [2.05, 4.69) is 5.32 Å². The summed E-state index contributed by atoms with van der Waals surface area (Å²) in [6.45, 7) is 1.73. The van der Waals surface area contributed by atoms with Crippen molar-refractivity contribution in [2.45, 2.75) is 56.4 Å². The summed E-state index contributed by atoms with van der Waals surface area (Å²) in [5.41, 5.74) is 1.42. The van der Waals surface area contributed by atoms with E-state index in [1.807, 2.05) is 13.0 Å². The van der Waals surface area contributed by atoms with Gasteiger partial charge in [0.2, 0.25) is 5.91 Å². The number of nitrogens with zero attached hydrogens (tertiary/aromatic N) is 2. The minimum absolute atomic E-state index is 0.0157. The lowest BCUT2D eigenvalue weighted by Gasteiger charge is -2.36. The molecule has 164 valence electrons. The lowest BCUT2D eigenvalue weighted by molar-refractivity contribution is -0.120. The van der Waals surface area contributed by atoms with E-state index >= 15 is 0 Å². The van der Waals surface area contributed by atoms with Crippen LogP contribution in [-0.2, 0) is 21.2 Å². The minimum atomic E-state index is -4.10. The third kappa shape index (κ3) is 4.17. The van der Waals surface area contributed by atoms with E-state index in [0.717, 1.165) is 35.6 Å². The number of aryl methyl sites for hydroxylation is 1.